The van der Waals surface area contributed by atoms with Crippen molar-refractivity contribution in [1.29, 1.82) is 0 Å². The van der Waals surface area contributed by atoms with E-state index in [1.807, 2.05) is 41.1 Å². The molecular weight excluding hydrogens is 494 g/mol. The number of rotatable bonds is 9. The molecular formula is C27H34N3O4S2+. The number of carbonyl (C=O) groups is 2. The maximum atomic E-state index is 13.9. The normalized spacial score (nSPS) is 18.1. The molecule has 2 amide bonds. The van der Waals surface area contributed by atoms with Gasteiger partial charge in [0.15, 0.2) is 11.5 Å². The Kier molecular flexibility index (Phi) is 8.53. The molecule has 0 bridgehead atoms. The number of nitrogens with zero attached hydrogens (tertiary/aromatic N) is 1. The van der Waals surface area contributed by atoms with Gasteiger partial charge in [0.1, 0.15) is 25.7 Å². The summed E-state index contributed by atoms with van der Waals surface area (Å²) in [7, 11) is 0. The number of furan rings is 1. The lowest BCUT2D eigenvalue weighted by atomic mass is 9.95. The first-order valence-corrected chi connectivity index (χ1v) is 14.6. The third kappa shape index (κ3) is 6.26. The van der Waals surface area contributed by atoms with Gasteiger partial charge in [-0.1, -0.05) is 31.4 Å². The van der Waals surface area contributed by atoms with Crippen molar-refractivity contribution in [2.45, 2.75) is 57.3 Å². The minimum atomic E-state index is -0.708. The predicted octanol–water partition coefficient (Wildman–Crippen LogP) is 3.65. The van der Waals surface area contributed by atoms with Crippen molar-refractivity contribution >= 4 is 34.5 Å². The number of morpholine rings is 1. The fourth-order valence-electron chi connectivity index (χ4n) is 5.06. The molecule has 1 atom stereocenters. The Morgan fingerprint density at radius 3 is 2.53 bits per heavy atom. The van der Waals surface area contributed by atoms with Crippen molar-refractivity contribution in [3.05, 3.63) is 68.4 Å². The number of nitrogens with one attached hydrogen (secondary N) is 2. The van der Waals surface area contributed by atoms with E-state index in [1.54, 1.807) is 22.3 Å². The fourth-order valence-corrected chi connectivity index (χ4v) is 6.60. The molecule has 36 heavy (non-hydrogen) atoms. The van der Waals surface area contributed by atoms with Gasteiger partial charge in [-0.05, 0) is 47.9 Å². The summed E-state index contributed by atoms with van der Waals surface area (Å²) in [4.78, 5) is 32.6. The summed E-state index contributed by atoms with van der Waals surface area (Å²) in [5.74, 6) is 0.689. The van der Waals surface area contributed by atoms with E-state index in [0.717, 1.165) is 74.0 Å². The molecule has 1 saturated carbocycles. The first kappa shape index (κ1) is 25.2. The summed E-state index contributed by atoms with van der Waals surface area (Å²) in [5.41, 5.74) is 0. The van der Waals surface area contributed by atoms with Crippen LogP contribution in [0.5, 0.6) is 0 Å². The highest BCUT2D eigenvalue weighted by Gasteiger charge is 2.35. The first-order chi connectivity index (χ1) is 17.7. The summed E-state index contributed by atoms with van der Waals surface area (Å²) < 4.78 is 11.5. The Morgan fingerprint density at radius 1 is 1.03 bits per heavy atom. The molecule has 2 N–H and O–H groups in total. The van der Waals surface area contributed by atoms with Crippen LogP contribution in [0.25, 0.3) is 0 Å². The second-order valence-corrected chi connectivity index (χ2v) is 11.6. The fraction of sp³-hybridized carbons (Fsp3) is 0.481. The highest BCUT2D eigenvalue weighted by Crippen LogP contribution is 2.31. The van der Waals surface area contributed by atoms with E-state index in [-0.39, 0.29) is 23.6 Å². The van der Waals surface area contributed by atoms with Crippen LogP contribution >= 0.6 is 22.7 Å². The van der Waals surface area contributed by atoms with Crippen LogP contribution in [-0.4, -0.2) is 49.1 Å². The third-order valence-corrected chi connectivity index (χ3v) is 8.77. The van der Waals surface area contributed by atoms with E-state index in [1.165, 1.54) is 22.7 Å². The standard InChI is InChI=1S/C27H33N3O4S2/c31-26(28-20-6-2-1-3-7-20)25(24-9-5-17-36-24)30(19-22-8-4-16-35-22)27(32)23-11-10-21(34-23)18-29-12-14-33-15-13-29/h4-5,8-11,16-17,20,25H,1-3,6-7,12-15,18-19H2,(H,28,31)/p+1/t25-/m0/s1. The molecule has 1 aliphatic heterocycles. The van der Waals surface area contributed by atoms with Gasteiger partial charge >= 0.3 is 0 Å². The summed E-state index contributed by atoms with van der Waals surface area (Å²) >= 11 is 3.09. The average molecular weight is 529 g/mol. The quantitative estimate of drug-likeness (QED) is 0.445. The highest BCUT2D eigenvalue weighted by molar-refractivity contribution is 7.10. The lowest BCUT2D eigenvalue weighted by molar-refractivity contribution is -0.922. The molecule has 192 valence electrons. The van der Waals surface area contributed by atoms with Gasteiger partial charge < -0.3 is 24.3 Å². The lowest BCUT2D eigenvalue weighted by Gasteiger charge is -2.32. The molecule has 1 aliphatic carbocycles. The zero-order valence-corrected chi connectivity index (χ0v) is 22.1. The lowest BCUT2D eigenvalue weighted by Crippen LogP contribution is -3.12. The van der Waals surface area contributed by atoms with Crippen molar-refractivity contribution in [2.75, 3.05) is 26.3 Å². The topological polar surface area (TPSA) is 76.2 Å². The van der Waals surface area contributed by atoms with E-state index >= 15 is 0 Å². The Labute approximate surface area is 220 Å². The van der Waals surface area contributed by atoms with Gasteiger partial charge in [-0.3, -0.25) is 9.59 Å². The number of hydrogen-bond acceptors (Lipinski definition) is 6. The van der Waals surface area contributed by atoms with E-state index in [0.29, 0.717) is 6.54 Å². The number of quaternary nitrogens is 1. The van der Waals surface area contributed by atoms with Crippen LogP contribution in [0, 0.1) is 0 Å². The molecule has 3 aromatic rings. The minimum Gasteiger partial charge on any atom is -0.450 e. The average Bonchev–Trinajstić information content (AvgIpc) is 3.68. The van der Waals surface area contributed by atoms with E-state index in [4.69, 9.17) is 9.15 Å². The van der Waals surface area contributed by atoms with Crippen molar-refractivity contribution < 1.29 is 23.6 Å². The Hall–Kier alpha value is -2.46. The first-order valence-electron chi connectivity index (χ1n) is 12.8. The maximum Gasteiger partial charge on any atom is 0.290 e. The molecule has 1 saturated heterocycles. The molecule has 9 heteroatoms. The van der Waals surface area contributed by atoms with Crippen LogP contribution in [0.2, 0.25) is 0 Å². The van der Waals surface area contributed by atoms with Crippen LogP contribution in [0.15, 0.2) is 51.6 Å². The molecule has 0 spiro atoms. The molecule has 7 nitrogen and oxygen atoms in total. The third-order valence-electron chi connectivity index (χ3n) is 6.99. The Morgan fingerprint density at radius 2 is 1.81 bits per heavy atom. The van der Waals surface area contributed by atoms with Gasteiger partial charge in [0.2, 0.25) is 5.91 Å². The number of carbonyl (C=O) groups excluding carboxylic acids is 2. The Bertz CT molecular complexity index is 1100. The molecule has 0 radical (unpaired) electrons. The van der Waals surface area contributed by atoms with Crippen LogP contribution in [0.4, 0.5) is 0 Å². The van der Waals surface area contributed by atoms with Crippen LogP contribution < -0.4 is 10.2 Å². The molecule has 2 aliphatic rings. The molecule has 2 fully saturated rings. The monoisotopic (exact) mass is 528 g/mol. The van der Waals surface area contributed by atoms with Gasteiger partial charge in [-0.25, -0.2) is 0 Å². The number of hydrogen-bond donors (Lipinski definition) is 2. The van der Waals surface area contributed by atoms with Gasteiger partial charge in [0, 0.05) is 15.8 Å². The number of amides is 2. The maximum absolute atomic E-state index is 13.9. The molecule has 4 heterocycles. The molecule has 3 aromatic heterocycles. The van der Waals surface area contributed by atoms with Crippen molar-refractivity contribution in [3.8, 4) is 0 Å². The zero-order valence-electron chi connectivity index (χ0n) is 20.4. The van der Waals surface area contributed by atoms with E-state index in [2.05, 4.69) is 5.32 Å². The predicted molar refractivity (Wildman–Crippen MR) is 140 cm³/mol. The van der Waals surface area contributed by atoms with Crippen molar-refractivity contribution in [3.63, 3.8) is 0 Å². The second kappa shape index (κ2) is 12.2. The van der Waals surface area contributed by atoms with Crippen molar-refractivity contribution in [2.24, 2.45) is 0 Å². The van der Waals surface area contributed by atoms with Crippen LogP contribution in [0.1, 0.15) is 64.2 Å². The Balaban J connectivity index is 1.40. The second-order valence-electron chi connectivity index (χ2n) is 9.58. The smallest absolute Gasteiger partial charge is 0.290 e. The summed E-state index contributed by atoms with van der Waals surface area (Å²) in [6.45, 7) is 4.41. The number of ether oxygens (including phenoxy) is 1. The highest BCUT2D eigenvalue weighted by atomic mass is 32.1. The largest absolute Gasteiger partial charge is 0.450 e. The number of thiophene rings is 2. The van der Waals surface area contributed by atoms with E-state index in [9.17, 15) is 9.59 Å². The summed E-state index contributed by atoms with van der Waals surface area (Å²) in [5, 5.41) is 7.22. The van der Waals surface area contributed by atoms with Crippen LogP contribution in [-0.2, 0) is 22.6 Å². The SMILES string of the molecule is O=C(NC1CCCCC1)[C@H](c1cccs1)N(Cc1cccs1)C(=O)c1ccc(C[NH+]2CCOCC2)o1. The summed E-state index contributed by atoms with van der Waals surface area (Å²) in [6.07, 6.45) is 5.47. The summed E-state index contributed by atoms with van der Waals surface area (Å²) in [6, 6.07) is 11.0. The van der Waals surface area contributed by atoms with Gasteiger partial charge in [-0.2, -0.15) is 0 Å². The van der Waals surface area contributed by atoms with E-state index < -0.39 is 6.04 Å². The molecule has 0 unspecified atom stereocenters. The van der Waals surface area contributed by atoms with Gasteiger partial charge in [-0.15, -0.1) is 22.7 Å². The minimum absolute atomic E-state index is 0.112. The van der Waals surface area contributed by atoms with Gasteiger partial charge in [0.05, 0.1) is 19.8 Å². The zero-order chi connectivity index (χ0) is 24.7. The van der Waals surface area contributed by atoms with Crippen molar-refractivity contribution in [1.82, 2.24) is 10.2 Å². The molecule has 0 aromatic carbocycles. The van der Waals surface area contributed by atoms with Gasteiger partial charge in [0.25, 0.3) is 5.91 Å². The van der Waals surface area contributed by atoms with Crippen LogP contribution in [0.3, 0.4) is 0 Å². The molecule has 5 rings (SSSR count).